The molecule has 2 saturated heterocycles. The maximum absolute atomic E-state index is 12.4. The van der Waals surface area contributed by atoms with Gasteiger partial charge in [0.1, 0.15) is 6.04 Å². The molecule has 21 heavy (non-hydrogen) atoms. The Morgan fingerprint density at radius 1 is 1.14 bits per heavy atom. The number of piperazine rings is 1. The van der Waals surface area contributed by atoms with Crippen molar-refractivity contribution in [1.29, 1.82) is 0 Å². The number of rotatable bonds is 3. The Morgan fingerprint density at radius 2 is 1.76 bits per heavy atom. The molecular formula is C14H25N3O4. The minimum atomic E-state index is -0.915. The highest BCUT2D eigenvalue weighted by atomic mass is 16.4. The third-order valence-corrected chi connectivity index (χ3v) is 4.04. The number of carboxylic acids is 1. The normalized spacial score (nSPS) is 24.4. The average Bonchev–Trinajstić information content (AvgIpc) is 2.86. The predicted molar refractivity (Wildman–Crippen MR) is 77.1 cm³/mol. The molecule has 2 heterocycles. The largest absolute Gasteiger partial charge is 0.480 e. The summed E-state index contributed by atoms with van der Waals surface area (Å²) in [6, 6.07) is -0.838. The molecule has 2 aliphatic heterocycles. The van der Waals surface area contributed by atoms with Gasteiger partial charge in [-0.15, -0.1) is 0 Å². The zero-order valence-corrected chi connectivity index (χ0v) is 12.8. The van der Waals surface area contributed by atoms with Crippen LogP contribution in [0.25, 0.3) is 0 Å². The quantitative estimate of drug-likeness (QED) is 0.769. The Labute approximate surface area is 125 Å². The molecule has 2 fully saturated rings. The molecule has 120 valence electrons. The van der Waals surface area contributed by atoms with E-state index in [1.807, 2.05) is 0 Å². The summed E-state index contributed by atoms with van der Waals surface area (Å²) in [4.78, 5) is 28.9. The molecule has 0 aromatic rings. The number of likely N-dealkylation sites (tertiary alicyclic amines) is 1. The maximum Gasteiger partial charge on any atom is 0.326 e. The summed E-state index contributed by atoms with van der Waals surface area (Å²) in [5.74, 6) is -0.915. The predicted octanol–water partition coefficient (Wildman–Crippen LogP) is 0.0439. The molecule has 0 bridgehead atoms. The lowest BCUT2D eigenvalue weighted by molar-refractivity contribution is -0.141. The smallest absolute Gasteiger partial charge is 0.326 e. The highest BCUT2D eigenvalue weighted by Gasteiger charge is 2.37. The Kier molecular flexibility index (Phi) is 4.73. The van der Waals surface area contributed by atoms with Crippen LogP contribution in [0.4, 0.5) is 4.79 Å². The van der Waals surface area contributed by atoms with Gasteiger partial charge >= 0.3 is 12.0 Å². The van der Waals surface area contributed by atoms with Crippen molar-refractivity contribution in [3.8, 4) is 0 Å². The van der Waals surface area contributed by atoms with E-state index in [1.165, 1.54) is 4.90 Å². The molecule has 0 spiro atoms. The maximum atomic E-state index is 12.4. The summed E-state index contributed by atoms with van der Waals surface area (Å²) in [5.41, 5.74) is -0.741. The van der Waals surface area contributed by atoms with Crippen LogP contribution in [0.5, 0.6) is 0 Å². The van der Waals surface area contributed by atoms with Gasteiger partial charge in [0.2, 0.25) is 0 Å². The van der Waals surface area contributed by atoms with Gasteiger partial charge in [-0.25, -0.2) is 9.59 Å². The van der Waals surface area contributed by atoms with E-state index in [2.05, 4.69) is 4.90 Å². The summed E-state index contributed by atoms with van der Waals surface area (Å²) < 4.78 is 0. The number of aliphatic hydroxyl groups is 1. The second-order valence-electron chi connectivity index (χ2n) is 6.55. The van der Waals surface area contributed by atoms with Crippen LogP contribution >= 0.6 is 0 Å². The molecule has 2 rings (SSSR count). The first-order chi connectivity index (χ1) is 9.78. The molecule has 7 nitrogen and oxygen atoms in total. The van der Waals surface area contributed by atoms with Crippen molar-refractivity contribution in [2.24, 2.45) is 0 Å². The van der Waals surface area contributed by atoms with E-state index < -0.39 is 17.6 Å². The fraction of sp³-hybridized carbons (Fsp3) is 0.857. The number of carbonyl (C=O) groups is 2. The van der Waals surface area contributed by atoms with Crippen LogP contribution in [0, 0.1) is 0 Å². The Hall–Kier alpha value is -1.34. The van der Waals surface area contributed by atoms with Crippen LogP contribution in [0.3, 0.4) is 0 Å². The lowest BCUT2D eigenvalue weighted by Crippen LogP contribution is -2.56. The third-order valence-electron chi connectivity index (χ3n) is 4.04. The average molecular weight is 299 g/mol. The van der Waals surface area contributed by atoms with Crippen molar-refractivity contribution in [3.63, 3.8) is 0 Å². The number of nitrogens with zero attached hydrogens (tertiary/aromatic N) is 3. The van der Waals surface area contributed by atoms with Crippen LogP contribution in [0.15, 0.2) is 0 Å². The summed E-state index contributed by atoms with van der Waals surface area (Å²) >= 11 is 0. The van der Waals surface area contributed by atoms with E-state index in [0.29, 0.717) is 45.7 Å². The van der Waals surface area contributed by atoms with Gasteiger partial charge in [-0.2, -0.15) is 0 Å². The van der Waals surface area contributed by atoms with Crippen LogP contribution in [-0.4, -0.2) is 87.8 Å². The van der Waals surface area contributed by atoms with Gasteiger partial charge in [-0.3, -0.25) is 4.90 Å². The summed E-state index contributed by atoms with van der Waals surface area (Å²) in [6.45, 7) is 7.23. The van der Waals surface area contributed by atoms with Crippen molar-refractivity contribution >= 4 is 12.0 Å². The molecule has 0 saturated carbocycles. The van der Waals surface area contributed by atoms with E-state index in [9.17, 15) is 14.7 Å². The topological polar surface area (TPSA) is 84.3 Å². The van der Waals surface area contributed by atoms with Crippen LogP contribution < -0.4 is 0 Å². The highest BCUT2D eigenvalue weighted by molar-refractivity contribution is 5.83. The van der Waals surface area contributed by atoms with E-state index in [4.69, 9.17) is 5.11 Å². The van der Waals surface area contributed by atoms with Crippen LogP contribution in [0.1, 0.15) is 26.7 Å². The minimum absolute atomic E-state index is 0.164. The van der Waals surface area contributed by atoms with Crippen molar-refractivity contribution < 1.29 is 19.8 Å². The second kappa shape index (κ2) is 6.19. The number of urea groups is 1. The van der Waals surface area contributed by atoms with Crippen molar-refractivity contribution in [2.75, 3.05) is 39.3 Å². The number of carbonyl (C=O) groups excluding carboxylic acids is 1. The first-order valence-corrected chi connectivity index (χ1v) is 7.51. The van der Waals surface area contributed by atoms with Gasteiger partial charge in [0.05, 0.1) is 5.60 Å². The molecular weight excluding hydrogens is 274 g/mol. The minimum Gasteiger partial charge on any atom is -0.480 e. The SMILES string of the molecule is CC(C)(O)CN1CCN(C(=O)N2CCC[C@H]2C(=O)O)CC1. The fourth-order valence-electron chi connectivity index (χ4n) is 3.08. The lowest BCUT2D eigenvalue weighted by atomic mass is 10.1. The second-order valence-corrected chi connectivity index (χ2v) is 6.55. The molecule has 0 aromatic carbocycles. The van der Waals surface area contributed by atoms with E-state index >= 15 is 0 Å². The fourth-order valence-corrected chi connectivity index (χ4v) is 3.08. The van der Waals surface area contributed by atoms with Crippen LogP contribution in [0.2, 0.25) is 0 Å². The number of carboxylic acid groups (broad SMARTS) is 1. The number of amides is 2. The van der Waals surface area contributed by atoms with E-state index in [1.54, 1.807) is 18.7 Å². The van der Waals surface area contributed by atoms with E-state index in [0.717, 1.165) is 6.42 Å². The molecule has 0 radical (unpaired) electrons. The lowest BCUT2D eigenvalue weighted by Gasteiger charge is -2.39. The third kappa shape index (κ3) is 4.07. The molecule has 0 aromatic heterocycles. The molecule has 7 heteroatoms. The van der Waals surface area contributed by atoms with Crippen molar-refractivity contribution in [1.82, 2.24) is 14.7 Å². The number of hydrogen-bond acceptors (Lipinski definition) is 4. The zero-order valence-electron chi connectivity index (χ0n) is 12.8. The van der Waals surface area contributed by atoms with Crippen LogP contribution in [-0.2, 0) is 4.79 Å². The molecule has 0 aliphatic carbocycles. The van der Waals surface area contributed by atoms with Gasteiger partial charge in [-0.1, -0.05) is 0 Å². The molecule has 2 aliphatic rings. The molecule has 2 N–H and O–H groups in total. The standard InChI is InChI=1S/C14H25N3O4/c1-14(2,21)10-15-6-8-16(9-7-15)13(20)17-5-3-4-11(17)12(18)19/h11,21H,3-10H2,1-2H3,(H,18,19)/t11-/m0/s1. The first-order valence-electron chi connectivity index (χ1n) is 7.51. The molecule has 1 atom stereocenters. The Morgan fingerprint density at radius 3 is 2.29 bits per heavy atom. The Bertz CT molecular complexity index is 400. The zero-order chi connectivity index (χ0) is 15.6. The van der Waals surface area contributed by atoms with Gasteiger partial charge < -0.3 is 20.0 Å². The molecule has 0 unspecified atom stereocenters. The van der Waals surface area contributed by atoms with Gasteiger partial charge in [0.25, 0.3) is 0 Å². The van der Waals surface area contributed by atoms with Gasteiger partial charge in [0, 0.05) is 39.3 Å². The number of hydrogen-bond donors (Lipinski definition) is 2. The summed E-state index contributed by atoms with van der Waals surface area (Å²) in [6.07, 6.45) is 1.29. The number of aliphatic carboxylic acids is 1. The summed E-state index contributed by atoms with van der Waals surface area (Å²) in [5, 5.41) is 19.0. The molecule has 2 amide bonds. The van der Waals surface area contributed by atoms with Gasteiger partial charge in [0.15, 0.2) is 0 Å². The highest BCUT2D eigenvalue weighted by Crippen LogP contribution is 2.20. The van der Waals surface area contributed by atoms with Crippen molar-refractivity contribution in [2.45, 2.75) is 38.3 Å². The van der Waals surface area contributed by atoms with E-state index in [-0.39, 0.29) is 6.03 Å². The summed E-state index contributed by atoms with van der Waals surface area (Å²) in [7, 11) is 0. The van der Waals surface area contributed by atoms with Crippen molar-refractivity contribution in [3.05, 3.63) is 0 Å². The first kappa shape index (κ1) is 16.0. The monoisotopic (exact) mass is 299 g/mol. The Balaban J connectivity index is 1.87. The van der Waals surface area contributed by atoms with Gasteiger partial charge in [-0.05, 0) is 26.7 Å². The number of β-amino-alcohol motifs (C(OH)–C–C–N with tert-alkyl or cyclic N) is 1.